The van der Waals surface area contributed by atoms with E-state index >= 15 is 0 Å². The molecule has 2 atom stereocenters. The van der Waals surface area contributed by atoms with Gasteiger partial charge in [-0.05, 0) is 67.6 Å². The number of hydrogen-bond donors (Lipinski definition) is 0. The highest BCUT2D eigenvalue weighted by Gasteiger charge is 2.37. The van der Waals surface area contributed by atoms with Crippen LogP contribution < -0.4 is 19.1 Å². The van der Waals surface area contributed by atoms with Crippen molar-refractivity contribution in [1.82, 2.24) is 0 Å². The minimum Gasteiger partial charge on any atom is -0.496 e. The monoisotopic (exact) mass is 677 g/mol. The number of methoxy groups -OCH3 is 2. The minimum absolute atomic E-state index is 0.0612. The van der Waals surface area contributed by atoms with Crippen LogP contribution in [0.3, 0.4) is 0 Å². The lowest BCUT2D eigenvalue weighted by Gasteiger charge is -2.37. The van der Waals surface area contributed by atoms with E-state index in [1.807, 2.05) is 49.9 Å². The summed E-state index contributed by atoms with van der Waals surface area (Å²) < 4.78 is 22.3. The largest absolute Gasteiger partial charge is 0.496 e. The maximum Gasteiger partial charge on any atom is 0.302 e. The van der Waals surface area contributed by atoms with Crippen molar-refractivity contribution in [1.29, 1.82) is 0 Å². The fraction of sp³-hybridized carbons (Fsp3) is 0.524. The number of ether oxygens (including phenoxy) is 4. The van der Waals surface area contributed by atoms with Crippen LogP contribution in [0.15, 0.2) is 48.5 Å². The summed E-state index contributed by atoms with van der Waals surface area (Å²) >= 11 is 0. The molecule has 0 fully saturated rings. The molecule has 0 aromatic heterocycles. The Kier molecular flexibility index (Phi) is 19.8. The number of hydrogen-bond acceptors (Lipinski definition) is 6. The number of fused-ring (bicyclic) bond motifs is 2. The van der Waals surface area contributed by atoms with E-state index in [-0.39, 0.29) is 17.8 Å². The van der Waals surface area contributed by atoms with Gasteiger partial charge in [-0.1, -0.05) is 92.9 Å². The van der Waals surface area contributed by atoms with E-state index in [2.05, 4.69) is 70.5 Å². The lowest BCUT2D eigenvalue weighted by Crippen LogP contribution is -2.32. The summed E-state index contributed by atoms with van der Waals surface area (Å²) in [7, 11) is 3.39. The number of esters is 1. The lowest BCUT2D eigenvalue weighted by atomic mass is 9.75. The SMILES string of the molecule is CC.CCC(=O)N(Cc1ccc(CC)cc1OC)c1cccc2c1[C@H](C(C)CC)c1c(ccc(OC)c1C)O2.CCCC.CCOC(C)=O. The molecule has 1 heterocycles. The summed E-state index contributed by atoms with van der Waals surface area (Å²) in [6.45, 7) is 23.1. The van der Waals surface area contributed by atoms with E-state index < -0.39 is 0 Å². The highest BCUT2D eigenvalue weighted by atomic mass is 16.5. The molecule has 0 spiro atoms. The number of carbonyl (C=O) groups is 2. The summed E-state index contributed by atoms with van der Waals surface area (Å²) in [5.74, 6) is 3.55. The molecule has 0 saturated heterocycles. The van der Waals surface area contributed by atoms with Gasteiger partial charge in [-0.3, -0.25) is 9.59 Å². The quantitative estimate of drug-likeness (QED) is 0.188. The van der Waals surface area contributed by atoms with E-state index in [0.717, 1.165) is 63.8 Å². The first kappa shape index (κ1) is 43.0. The average Bonchev–Trinajstić information content (AvgIpc) is 3.13. The van der Waals surface area contributed by atoms with E-state index in [9.17, 15) is 9.59 Å². The number of unbranched alkanes of at least 4 members (excludes halogenated alkanes) is 1. The van der Waals surface area contributed by atoms with Crippen LogP contribution in [0.4, 0.5) is 5.69 Å². The third-order valence-electron chi connectivity index (χ3n) is 8.57. The van der Waals surface area contributed by atoms with E-state index in [1.54, 1.807) is 21.1 Å². The summed E-state index contributed by atoms with van der Waals surface area (Å²) in [4.78, 5) is 25.2. The normalized spacial score (nSPS) is 12.8. The van der Waals surface area contributed by atoms with Gasteiger partial charge in [-0.15, -0.1) is 0 Å². The predicted octanol–water partition coefficient (Wildman–Crippen LogP) is 11.2. The standard InChI is InChI=1S/C32H39NO4.C4H8O2.C4H10.C2H6/c1-8-20(4)30-31-21(5)25(35-6)16-17-27(31)37-26-13-11-12-24(32(26)30)33(29(34)10-3)19-23-15-14-22(9-2)18-28(23)36-7;1-3-6-4(2)5;1-3-4-2;1-2/h11-18,20,30H,8-10,19H2,1-7H3;3H2,1-2H3;3-4H2,1-2H3;1-2H3/t20?,30-;;;/m1.../s1. The molecular formula is C42H63NO6. The van der Waals surface area contributed by atoms with Crippen molar-refractivity contribution in [3.05, 3.63) is 76.3 Å². The second-order valence-corrected chi connectivity index (χ2v) is 11.7. The van der Waals surface area contributed by atoms with Gasteiger partial charge >= 0.3 is 5.97 Å². The van der Waals surface area contributed by atoms with Crippen LogP contribution in [0.1, 0.15) is 129 Å². The molecule has 1 aliphatic heterocycles. The number of benzene rings is 3. The molecule has 7 nitrogen and oxygen atoms in total. The molecule has 49 heavy (non-hydrogen) atoms. The molecule has 0 saturated carbocycles. The van der Waals surface area contributed by atoms with E-state index in [4.69, 9.17) is 14.2 Å². The molecule has 0 bridgehead atoms. The second-order valence-electron chi connectivity index (χ2n) is 11.7. The number of carbonyl (C=O) groups excluding carboxylic acids is 2. The number of aryl methyl sites for hydroxylation is 1. The molecule has 3 aromatic rings. The highest BCUT2D eigenvalue weighted by molar-refractivity contribution is 5.95. The van der Waals surface area contributed by atoms with Gasteiger partial charge in [0.1, 0.15) is 23.0 Å². The van der Waals surface area contributed by atoms with Crippen LogP contribution in [0.2, 0.25) is 0 Å². The molecular weight excluding hydrogens is 614 g/mol. The van der Waals surface area contributed by atoms with Crippen LogP contribution in [0.5, 0.6) is 23.0 Å². The minimum atomic E-state index is -0.211. The molecule has 3 aromatic carbocycles. The smallest absolute Gasteiger partial charge is 0.302 e. The molecule has 7 heteroatoms. The number of rotatable bonds is 11. The Bertz CT molecular complexity index is 1450. The molecule has 1 amide bonds. The molecule has 0 radical (unpaired) electrons. The van der Waals surface area contributed by atoms with Crippen molar-refractivity contribution in [2.45, 2.75) is 121 Å². The van der Waals surface area contributed by atoms with E-state index in [1.165, 1.54) is 25.3 Å². The summed E-state index contributed by atoms with van der Waals surface area (Å²) in [6, 6.07) is 16.3. The van der Waals surface area contributed by atoms with E-state index in [0.29, 0.717) is 25.5 Å². The van der Waals surface area contributed by atoms with Gasteiger partial charge in [0.15, 0.2) is 0 Å². The van der Waals surface area contributed by atoms with Crippen LogP contribution >= 0.6 is 0 Å². The Morgan fingerprint density at radius 1 is 0.857 bits per heavy atom. The Morgan fingerprint density at radius 3 is 1.98 bits per heavy atom. The molecule has 4 rings (SSSR count). The number of anilines is 1. The zero-order valence-corrected chi connectivity index (χ0v) is 32.6. The zero-order valence-electron chi connectivity index (χ0n) is 32.6. The van der Waals surface area contributed by atoms with Gasteiger partial charge in [0.25, 0.3) is 0 Å². The van der Waals surface area contributed by atoms with Gasteiger partial charge in [-0.2, -0.15) is 0 Å². The third-order valence-corrected chi connectivity index (χ3v) is 8.57. The fourth-order valence-corrected chi connectivity index (χ4v) is 5.63. The second kappa shape index (κ2) is 22.6. The first-order chi connectivity index (χ1) is 23.6. The Balaban J connectivity index is 0.000000867. The molecule has 272 valence electrons. The van der Waals surface area contributed by atoms with Crippen LogP contribution in [-0.2, 0) is 27.3 Å². The molecule has 1 aliphatic rings. The van der Waals surface area contributed by atoms with Crippen molar-refractivity contribution in [2.24, 2.45) is 5.92 Å². The lowest BCUT2D eigenvalue weighted by molar-refractivity contribution is -0.140. The van der Waals surface area contributed by atoms with Crippen LogP contribution in [0, 0.1) is 12.8 Å². The molecule has 0 N–H and O–H groups in total. The Labute approximate surface area is 297 Å². The summed E-state index contributed by atoms with van der Waals surface area (Å²) in [5, 5.41) is 0. The highest BCUT2D eigenvalue weighted by Crippen LogP contribution is 2.54. The Morgan fingerprint density at radius 2 is 1.49 bits per heavy atom. The average molecular weight is 678 g/mol. The number of amides is 1. The van der Waals surface area contributed by atoms with Gasteiger partial charge < -0.3 is 23.8 Å². The molecule has 1 unspecified atom stereocenters. The predicted molar refractivity (Wildman–Crippen MR) is 204 cm³/mol. The fourth-order valence-electron chi connectivity index (χ4n) is 5.63. The van der Waals surface area contributed by atoms with Crippen molar-refractivity contribution in [3.8, 4) is 23.0 Å². The van der Waals surface area contributed by atoms with Crippen molar-refractivity contribution in [2.75, 3.05) is 25.7 Å². The van der Waals surface area contributed by atoms with Crippen molar-refractivity contribution in [3.63, 3.8) is 0 Å². The maximum absolute atomic E-state index is 13.5. The summed E-state index contributed by atoms with van der Waals surface area (Å²) in [6.07, 6.45) is 4.95. The third kappa shape index (κ3) is 11.5. The maximum atomic E-state index is 13.5. The van der Waals surface area contributed by atoms with Crippen molar-refractivity contribution < 1.29 is 28.5 Å². The molecule has 0 aliphatic carbocycles. The van der Waals surface area contributed by atoms with Crippen LogP contribution in [-0.4, -0.2) is 32.7 Å². The first-order valence-electron chi connectivity index (χ1n) is 18.1. The first-order valence-corrected chi connectivity index (χ1v) is 18.1. The van der Waals surface area contributed by atoms with Gasteiger partial charge in [0.2, 0.25) is 5.91 Å². The van der Waals surface area contributed by atoms with Gasteiger partial charge in [0.05, 0.1) is 33.1 Å². The van der Waals surface area contributed by atoms with Crippen LogP contribution in [0.25, 0.3) is 0 Å². The zero-order chi connectivity index (χ0) is 37.1. The van der Waals surface area contributed by atoms with Gasteiger partial charge in [-0.25, -0.2) is 0 Å². The van der Waals surface area contributed by atoms with Gasteiger partial charge in [0, 0.05) is 36.0 Å². The van der Waals surface area contributed by atoms with Crippen molar-refractivity contribution >= 4 is 17.6 Å². The summed E-state index contributed by atoms with van der Waals surface area (Å²) in [5.41, 5.74) is 6.36. The number of nitrogens with zero attached hydrogens (tertiary/aromatic N) is 1. The topological polar surface area (TPSA) is 74.3 Å². The Hall–Kier alpha value is -4.00.